The van der Waals surface area contributed by atoms with Gasteiger partial charge in [-0.15, -0.1) is 0 Å². The normalized spacial score (nSPS) is 21.0. The summed E-state index contributed by atoms with van der Waals surface area (Å²) in [6.45, 7) is 2.48. The highest BCUT2D eigenvalue weighted by atomic mass is 32.2. The Morgan fingerprint density at radius 1 is 1.00 bits per heavy atom. The lowest BCUT2D eigenvalue weighted by molar-refractivity contribution is -0.120. The molecule has 0 radical (unpaired) electrons. The van der Waals surface area contributed by atoms with Gasteiger partial charge in [0.2, 0.25) is 15.9 Å². The van der Waals surface area contributed by atoms with Gasteiger partial charge in [-0.3, -0.25) is 4.79 Å². The van der Waals surface area contributed by atoms with Gasteiger partial charge in [-0.2, -0.15) is 4.31 Å². The summed E-state index contributed by atoms with van der Waals surface area (Å²) < 4.78 is 46.3. The van der Waals surface area contributed by atoms with E-state index in [1.54, 1.807) is 12.1 Å². The van der Waals surface area contributed by atoms with Gasteiger partial charge < -0.3 is 15.0 Å². The van der Waals surface area contributed by atoms with Crippen molar-refractivity contribution in [2.45, 2.75) is 36.7 Å². The van der Waals surface area contributed by atoms with E-state index in [1.165, 1.54) is 16.4 Å². The molecule has 2 fully saturated rings. The van der Waals surface area contributed by atoms with Gasteiger partial charge in [0.25, 0.3) is 0 Å². The topological polar surface area (TPSA) is 79.0 Å². The maximum atomic E-state index is 13.2. The Hall–Kier alpha value is -2.49. The second-order valence-corrected chi connectivity index (χ2v) is 10.7. The number of hydrogen-bond acceptors (Lipinski definition) is 5. The van der Waals surface area contributed by atoms with Crippen LogP contribution in [0.4, 0.5) is 10.1 Å². The summed E-state index contributed by atoms with van der Waals surface area (Å²) in [5.74, 6) is -0.383. The van der Waals surface area contributed by atoms with Crippen LogP contribution in [0.2, 0.25) is 0 Å². The summed E-state index contributed by atoms with van der Waals surface area (Å²) in [5.41, 5.74) is 0.647. The van der Waals surface area contributed by atoms with Crippen LogP contribution in [0.1, 0.15) is 25.7 Å². The first-order valence-corrected chi connectivity index (χ1v) is 12.8. The van der Waals surface area contributed by atoms with Crippen LogP contribution in [-0.4, -0.2) is 62.9 Å². The lowest BCUT2D eigenvalue weighted by Gasteiger charge is -2.31. The van der Waals surface area contributed by atoms with E-state index in [-0.39, 0.29) is 23.5 Å². The van der Waals surface area contributed by atoms with Crippen LogP contribution < -0.4 is 10.1 Å². The second kappa shape index (κ2) is 10.2. The number of carbonyl (C=O) groups excluding carboxylic acids is 1. The Labute approximate surface area is 194 Å². The Morgan fingerprint density at radius 2 is 1.67 bits per heavy atom. The number of ether oxygens (including phenoxy) is 1. The molecule has 2 aliphatic heterocycles. The highest BCUT2D eigenvalue weighted by molar-refractivity contribution is 7.89. The maximum absolute atomic E-state index is 13.2. The molecular formula is C24H30FN3O4S. The van der Waals surface area contributed by atoms with E-state index in [4.69, 9.17) is 4.74 Å². The van der Waals surface area contributed by atoms with Crippen LogP contribution >= 0.6 is 0 Å². The summed E-state index contributed by atoms with van der Waals surface area (Å²) in [6.07, 6.45) is 3.39. The third-order valence-corrected chi connectivity index (χ3v) is 8.18. The van der Waals surface area contributed by atoms with E-state index in [1.807, 2.05) is 12.1 Å². The predicted octanol–water partition coefficient (Wildman–Crippen LogP) is 3.34. The molecule has 178 valence electrons. The van der Waals surface area contributed by atoms with Crippen molar-refractivity contribution < 1.29 is 22.3 Å². The van der Waals surface area contributed by atoms with Gasteiger partial charge in [0.1, 0.15) is 17.7 Å². The van der Waals surface area contributed by atoms with Gasteiger partial charge >= 0.3 is 0 Å². The number of anilines is 1. The lowest BCUT2D eigenvalue weighted by atomic mass is 9.98. The van der Waals surface area contributed by atoms with Crippen molar-refractivity contribution >= 4 is 21.6 Å². The molecule has 33 heavy (non-hydrogen) atoms. The Bertz CT molecular complexity index is 1050. The standard InChI is InChI=1S/C24H30FN3O4S/c1-27-15-12-22(13-16-27)32-21-8-6-20(7-9-21)26-24(29)18-3-2-14-28(17-18)33(30,31)23-10-4-19(25)5-11-23/h4-11,18,22H,2-3,12-17H2,1H3,(H,26,29)/t18-/m1/s1. The van der Waals surface area contributed by atoms with Crippen molar-refractivity contribution in [1.29, 1.82) is 0 Å². The van der Waals surface area contributed by atoms with E-state index < -0.39 is 21.8 Å². The second-order valence-electron chi connectivity index (χ2n) is 8.79. The van der Waals surface area contributed by atoms with Crippen molar-refractivity contribution in [3.63, 3.8) is 0 Å². The van der Waals surface area contributed by atoms with Gasteiger partial charge in [-0.05, 0) is 81.3 Å². The number of piperidine rings is 2. The van der Waals surface area contributed by atoms with Crippen LogP contribution in [0, 0.1) is 11.7 Å². The molecule has 2 aliphatic rings. The minimum Gasteiger partial charge on any atom is -0.490 e. The van der Waals surface area contributed by atoms with Gasteiger partial charge in [0, 0.05) is 31.9 Å². The maximum Gasteiger partial charge on any atom is 0.243 e. The summed E-state index contributed by atoms with van der Waals surface area (Å²) in [5, 5.41) is 2.90. The fraction of sp³-hybridized carbons (Fsp3) is 0.458. The molecule has 1 atom stereocenters. The van der Waals surface area contributed by atoms with Gasteiger partial charge in [0.15, 0.2) is 0 Å². The van der Waals surface area contributed by atoms with Crippen LogP contribution in [0.15, 0.2) is 53.4 Å². The number of halogens is 1. The monoisotopic (exact) mass is 475 g/mol. The number of amides is 1. The molecule has 0 saturated carbocycles. The average Bonchev–Trinajstić information content (AvgIpc) is 2.82. The molecule has 2 aromatic rings. The molecule has 9 heteroatoms. The molecule has 0 aromatic heterocycles. The van der Waals surface area contributed by atoms with Crippen molar-refractivity contribution in [2.24, 2.45) is 5.92 Å². The van der Waals surface area contributed by atoms with Gasteiger partial charge in [-0.1, -0.05) is 0 Å². The van der Waals surface area contributed by atoms with Crippen molar-refractivity contribution in [2.75, 3.05) is 38.5 Å². The molecule has 4 rings (SSSR count). The largest absolute Gasteiger partial charge is 0.490 e. The van der Waals surface area contributed by atoms with Gasteiger partial charge in [-0.25, -0.2) is 12.8 Å². The Kier molecular flexibility index (Phi) is 7.31. The number of carbonyl (C=O) groups is 1. The molecule has 2 aromatic carbocycles. The first kappa shape index (κ1) is 23.7. The molecule has 0 aliphatic carbocycles. The highest BCUT2D eigenvalue weighted by Crippen LogP contribution is 2.26. The minimum atomic E-state index is -3.77. The van der Waals surface area contributed by atoms with E-state index in [9.17, 15) is 17.6 Å². The molecule has 0 spiro atoms. The Balaban J connectivity index is 1.34. The molecule has 0 bridgehead atoms. The Morgan fingerprint density at radius 3 is 2.33 bits per heavy atom. The number of nitrogens with zero attached hydrogens (tertiary/aromatic N) is 2. The molecular weight excluding hydrogens is 445 g/mol. The van der Waals surface area contributed by atoms with E-state index in [0.29, 0.717) is 25.1 Å². The summed E-state index contributed by atoms with van der Waals surface area (Å²) in [7, 11) is -1.67. The number of likely N-dealkylation sites (tertiary alicyclic amines) is 1. The zero-order valence-corrected chi connectivity index (χ0v) is 19.6. The first-order chi connectivity index (χ1) is 15.8. The van der Waals surface area contributed by atoms with Crippen LogP contribution in [0.3, 0.4) is 0 Å². The molecule has 0 unspecified atom stereocenters. The van der Waals surface area contributed by atoms with Crippen molar-refractivity contribution in [3.8, 4) is 5.75 Å². The summed E-state index contributed by atoms with van der Waals surface area (Å²) >= 11 is 0. The number of rotatable bonds is 6. The van der Waals surface area contributed by atoms with E-state index in [2.05, 4.69) is 17.3 Å². The predicted molar refractivity (Wildman–Crippen MR) is 124 cm³/mol. The van der Waals surface area contributed by atoms with Crippen molar-refractivity contribution in [3.05, 3.63) is 54.3 Å². The van der Waals surface area contributed by atoms with Crippen molar-refractivity contribution in [1.82, 2.24) is 9.21 Å². The molecule has 1 amide bonds. The number of benzene rings is 2. The van der Waals surface area contributed by atoms with Crippen LogP contribution in [0.25, 0.3) is 0 Å². The zero-order chi connectivity index (χ0) is 23.4. The molecule has 2 saturated heterocycles. The first-order valence-electron chi connectivity index (χ1n) is 11.3. The number of hydrogen-bond donors (Lipinski definition) is 1. The zero-order valence-electron chi connectivity index (χ0n) is 18.7. The molecule has 2 heterocycles. The molecule has 7 nitrogen and oxygen atoms in total. The SMILES string of the molecule is CN1CCC(Oc2ccc(NC(=O)[C@@H]3CCCN(S(=O)(=O)c4ccc(F)cc4)C3)cc2)CC1. The third kappa shape index (κ3) is 5.90. The van der Waals surface area contributed by atoms with Crippen LogP contribution in [0.5, 0.6) is 5.75 Å². The quantitative estimate of drug-likeness (QED) is 0.693. The fourth-order valence-electron chi connectivity index (χ4n) is 4.29. The lowest BCUT2D eigenvalue weighted by Crippen LogP contribution is -2.43. The molecule has 1 N–H and O–H groups in total. The average molecular weight is 476 g/mol. The fourth-order valence-corrected chi connectivity index (χ4v) is 5.81. The van der Waals surface area contributed by atoms with E-state index in [0.717, 1.165) is 43.8 Å². The summed E-state index contributed by atoms with van der Waals surface area (Å²) in [6, 6.07) is 12.1. The third-order valence-electron chi connectivity index (χ3n) is 6.30. The number of nitrogens with one attached hydrogen (secondary N) is 1. The minimum absolute atomic E-state index is 0.0326. The summed E-state index contributed by atoms with van der Waals surface area (Å²) in [4.78, 5) is 15.2. The van der Waals surface area contributed by atoms with Gasteiger partial charge in [0.05, 0.1) is 10.8 Å². The number of sulfonamides is 1. The van der Waals surface area contributed by atoms with Crippen LogP contribution in [-0.2, 0) is 14.8 Å². The smallest absolute Gasteiger partial charge is 0.243 e. The van der Waals surface area contributed by atoms with E-state index >= 15 is 0 Å². The highest BCUT2D eigenvalue weighted by Gasteiger charge is 2.33.